The summed E-state index contributed by atoms with van der Waals surface area (Å²) in [7, 11) is 0. The average Bonchev–Trinajstić information content (AvgIpc) is 2.36. The third-order valence-corrected chi connectivity index (χ3v) is 3.73. The summed E-state index contributed by atoms with van der Waals surface area (Å²) in [5.41, 5.74) is 1.17. The molecule has 0 fully saturated rings. The molecule has 0 radical (unpaired) electrons. The van der Waals surface area contributed by atoms with Crippen molar-refractivity contribution in [3.63, 3.8) is 0 Å². The number of rotatable bonds is 2. The lowest BCUT2D eigenvalue weighted by Crippen LogP contribution is -1.96. The van der Waals surface area contributed by atoms with Crippen LogP contribution in [-0.4, -0.2) is 4.98 Å². The predicted octanol–water partition coefficient (Wildman–Crippen LogP) is 4.91. The number of halogens is 4. The fourth-order valence-corrected chi connectivity index (χ4v) is 2.31. The van der Waals surface area contributed by atoms with Crippen molar-refractivity contribution in [2.75, 3.05) is 0 Å². The smallest absolute Gasteiger partial charge is 0.221 e. The highest BCUT2D eigenvalue weighted by atomic mass is 35.5. The van der Waals surface area contributed by atoms with Crippen LogP contribution >= 0.6 is 34.8 Å². The molecule has 2 rings (SSSR count). The fourth-order valence-electron chi connectivity index (χ4n) is 1.71. The molecule has 0 aliphatic heterocycles. The van der Waals surface area contributed by atoms with Crippen molar-refractivity contribution < 1.29 is 4.39 Å². The molecule has 6 heteroatoms. The molecule has 1 heterocycles. The molecule has 1 aromatic carbocycles. The van der Waals surface area contributed by atoms with E-state index in [1.807, 2.05) is 6.07 Å². The van der Waals surface area contributed by atoms with E-state index in [9.17, 15) is 4.39 Å². The molecule has 0 amide bonds. The Labute approximate surface area is 124 Å². The van der Waals surface area contributed by atoms with Gasteiger partial charge in [-0.15, -0.1) is 0 Å². The maximum absolute atomic E-state index is 13.9. The lowest BCUT2D eigenvalue weighted by molar-refractivity contribution is 0.586. The Balaban J connectivity index is 2.68. The van der Waals surface area contributed by atoms with E-state index in [1.165, 1.54) is 18.3 Å². The fraction of sp³-hybridized carbons (Fsp3) is 0.0769. The zero-order chi connectivity index (χ0) is 14.0. The van der Waals surface area contributed by atoms with Gasteiger partial charge in [0.15, 0.2) is 0 Å². The number of pyridine rings is 1. The first kappa shape index (κ1) is 14.1. The van der Waals surface area contributed by atoms with Gasteiger partial charge in [0, 0.05) is 11.8 Å². The second kappa shape index (κ2) is 5.75. The quantitative estimate of drug-likeness (QED) is 0.583. The first-order valence-electron chi connectivity index (χ1n) is 5.20. The predicted molar refractivity (Wildman–Crippen MR) is 74.0 cm³/mol. The van der Waals surface area contributed by atoms with Gasteiger partial charge in [-0.3, -0.25) is 0 Å². The van der Waals surface area contributed by atoms with Crippen molar-refractivity contribution in [1.82, 2.24) is 4.98 Å². The summed E-state index contributed by atoms with van der Waals surface area (Å²) in [5, 5.41) is 9.41. The van der Waals surface area contributed by atoms with Crippen molar-refractivity contribution in [1.29, 1.82) is 5.26 Å². The van der Waals surface area contributed by atoms with Gasteiger partial charge in [-0.2, -0.15) is 9.65 Å². The summed E-state index contributed by atoms with van der Waals surface area (Å²) < 4.78 is 13.9. The number of aromatic nitrogens is 1. The Morgan fingerprint density at radius 3 is 2.42 bits per heavy atom. The van der Waals surface area contributed by atoms with Gasteiger partial charge in [0.2, 0.25) is 5.95 Å². The van der Waals surface area contributed by atoms with E-state index in [-0.39, 0.29) is 27.1 Å². The first-order chi connectivity index (χ1) is 9.04. The minimum Gasteiger partial charge on any atom is -0.228 e. The summed E-state index contributed by atoms with van der Waals surface area (Å²) in [6.07, 6.45) is 1.37. The van der Waals surface area contributed by atoms with Crippen LogP contribution in [0.15, 0.2) is 24.4 Å². The molecule has 0 bridgehead atoms. The second-order valence-corrected chi connectivity index (χ2v) is 4.92. The van der Waals surface area contributed by atoms with Crippen LogP contribution in [-0.2, 0) is 6.42 Å². The van der Waals surface area contributed by atoms with Crippen molar-refractivity contribution in [3.05, 3.63) is 51.0 Å². The maximum Gasteiger partial charge on any atom is 0.221 e. The minimum atomic E-state index is -0.679. The van der Waals surface area contributed by atoms with E-state index in [0.29, 0.717) is 11.1 Å². The van der Waals surface area contributed by atoms with E-state index in [0.717, 1.165) is 0 Å². The maximum atomic E-state index is 13.9. The number of hydrogen-bond acceptors (Lipinski definition) is 2. The largest absolute Gasteiger partial charge is 0.228 e. The molecular formula is C13H6Cl3FN2. The van der Waals surface area contributed by atoms with Crippen LogP contribution in [0, 0.1) is 17.3 Å². The molecule has 0 spiro atoms. The van der Waals surface area contributed by atoms with Crippen LogP contribution in [0.1, 0.15) is 5.56 Å². The standard InChI is InChI=1S/C13H6Cl3FN2/c14-9-5-8(6-10(15)12(9)16)11-7(1-3-18)2-4-19-13(11)17/h2,4-6H,1H2. The van der Waals surface area contributed by atoms with Crippen LogP contribution in [0.4, 0.5) is 4.39 Å². The lowest BCUT2D eigenvalue weighted by Gasteiger charge is -2.10. The van der Waals surface area contributed by atoms with Crippen molar-refractivity contribution in [3.8, 4) is 17.2 Å². The number of benzene rings is 1. The van der Waals surface area contributed by atoms with Gasteiger partial charge < -0.3 is 0 Å². The number of nitrogens with zero attached hydrogens (tertiary/aromatic N) is 2. The van der Waals surface area contributed by atoms with Gasteiger partial charge in [-0.25, -0.2) is 4.98 Å². The highest BCUT2D eigenvalue weighted by Crippen LogP contribution is 2.36. The molecule has 19 heavy (non-hydrogen) atoms. The molecule has 0 saturated carbocycles. The Bertz CT molecular complexity index is 657. The molecule has 2 nitrogen and oxygen atoms in total. The van der Waals surface area contributed by atoms with Crippen LogP contribution < -0.4 is 0 Å². The topological polar surface area (TPSA) is 36.7 Å². The summed E-state index contributed by atoms with van der Waals surface area (Å²) in [6.45, 7) is 0. The molecule has 0 aliphatic rings. The van der Waals surface area contributed by atoms with Gasteiger partial charge in [-0.05, 0) is 29.3 Å². The van der Waals surface area contributed by atoms with Crippen molar-refractivity contribution >= 4 is 34.8 Å². The summed E-state index contributed by atoms with van der Waals surface area (Å²) in [6, 6.07) is 6.55. The van der Waals surface area contributed by atoms with E-state index in [2.05, 4.69) is 4.98 Å². The molecule has 0 unspecified atom stereocenters. The highest BCUT2D eigenvalue weighted by Gasteiger charge is 2.15. The molecular weight excluding hydrogens is 310 g/mol. The van der Waals surface area contributed by atoms with E-state index < -0.39 is 5.95 Å². The van der Waals surface area contributed by atoms with Crippen LogP contribution in [0.3, 0.4) is 0 Å². The van der Waals surface area contributed by atoms with Gasteiger partial charge in [0.05, 0.1) is 27.6 Å². The normalized spacial score (nSPS) is 10.3. The van der Waals surface area contributed by atoms with Gasteiger partial charge in [-0.1, -0.05) is 34.8 Å². The summed E-state index contributed by atoms with van der Waals surface area (Å²) in [4.78, 5) is 3.58. The second-order valence-electron chi connectivity index (χ2n) is 3.72. The molecule has 0 saturated heterocycles. The summed E-state index contributed by atoms with van der Waals surface area (Å²) in [5.74, 6) is -0.679. The number of hydrogen-bond donors (Lipinski definition) is 0. The molecule has 0 N–H and O–H groups in total. The molecule has 2 aromatic rings. The minimum absolute atomic E-state index is 0.0621. The number of nitriles is 1. The monoisotopic (exact) mass is 314 g/mol. The van der Waals surface area contributed by atoms with Gasteiger partial charge in [0.25, 0.3) is 0 Å². The molecule has 0 aliphatic carbocycles. The Hall–Kier alpha value is -1.34. The first-order valence-corrected chi connectivity index (χ1v) is 6.33. The lowest BCUT2D eigenvalue weighted by atomic mass is 10.00. The molecule has 1 aromatic heterocycles. The van der Waals surface area contributed by atoms with Gasteiger partial charge in [0.1, 0.15) is 0 Å². The van der Waals surface area contributed by atoms with Crippen LogP contribution in [0.5, 0.6) is 0 Å². The third kappa shape index (κ3) is 2.82. The van der Waals surface area contributed by atoms with Crippen molar-refractivity contribution in [2.45, 2.75) is 6.42 Å². The average molecular weight is 316 g/mol. The van der Waals surface area contributed by atoms with Crippen LogP contribution in [0.2, 0.25) is 15.1 Å². The molecule has 0 atom stereocenters. The highest BCUT2D eigenvalue weighted by molar-refractivity contribution is 6.48. The zero-order valence-electron chi connectivity index (χ0n) is 9.42. The Kier molecular flexibility index (Phi) is 4.26. The Morgan fingerprint density at radius 1 is 1.21 bits per heavy atom. The third-order valence-electron chi connectivity index (χ3n) is 2.53. The molecule has 96 valence electrons. The van der Waals surface area contributed by atoms with Gasteiger partial charge >= 0.3 is 0 Å². The van der Waals surface area contributed by atoms with Crippen molar-refractivity contribution in [2.24, 2.45) is 0 Å². The zero-order valence-corrected chi connectivity index (χ0v) is 11.7. The van der Waals surface area contributed by atoms with E-state index >= 15 is 0 Å². The van der Waals surface area contributed by atoms with Crippen LogP contribution in [0.25, 0.3) is 11.1 Å². The van der Waals surface area contributed by atoms with E-state index in [1.54, 1.807) is 6.07 Å². The Morgan fingerprint density at radius 2 is 1.84 bits per heavy atom. The van der Waals surface area contributed by atoms with E-state index in [4.69, 9.17) is 40.1 Å². The SMILES string of the molecule is N#CCc1ccnc(F)c1-c1cc(Cl)c(Cl)c(Cl)c1. The summed E-state index contributed by atoms with van der Waals surface area (Å²) >= 11 is 17.7.